The summed E-state index contributed by atoms with van der Waals surface area (Å²) in [5.74, 6) is -2.89. The lowest BCUT2D eigenvalue weighted by molar-refractivity contribution is -0.148. The van der Waals surface area contributed by atoms with Crippen molar-refractivity contribution >= 4 is 23.4 Å². The fourth-order valence-electron chi connectivity index (χ4n) is 4.81. The number of halogens is 1. The molecule has 3 amide bonds. The zero-order chi connectivity index (χ0) is 21.3. The van der Waals surface area contributed by atoms with Gasteiger partial charge in [0.25, 0.3) is 0 Å². The topological polar surface area (TPSA) is 103 Å². The number of hydrogen-bond donors (Lipinski definition) is 4. The minimum atomic E-state index is -0.814. The maximum absolute atomic E-state index is 13.1. The molecule has 30 heavy (non-hydrogen) atoms. The van der Waals surface area contributed by atoms with Crippen molar-refractivity contribution in [3.8, 4) is 0 Å². The summed E-state index contributed by atoms with van der Waals surface area (Å²) in [6.07, 6.45) is 3.23. The predicted molar refractivity (Wildman–Crippen MR) is 108 cm³/mol. The van der Waals surface area contributed by atoms with Crippen LogP contribution < -0.4 is 21.3 Å². The van der Waals surface area contributed by atoms with Gasteiger partial charge in [0.15, 0.2) is 0 Å². The van der Waals surface area contributed by atoms with E-state index >= 15 is 0 Å². The molecule has 3 heterocycles. The molecule has 3 aliphatic rings. The van der Waals surface area contributed by atoms with Gasteiger partial charge in [0, 0.05) is 24.7 Å². The second-order valence-corrected chi connectivity index (χ2v) is 8.25. The number of anilines is 1. The average Bonchev–Trinajstić information content (AvgIpc) is 2.74. The Hall–Kier alpha value is -2.52. The summed E-state index contributed by atoms with van der Waals surface area (Å²) in [7, 11) is 0. The number of hydrogen-bond acceptors (Lipinski definition) is 5. The van der Waals surface area contributed by atoms with E-state index in [1.165, 1.54) is 30.7 Å². The predicted octanol–water partition coefficient (Wildman–Crippen LogP) is 1.11. The molecule has 0 bridgehead atoms. The van der Waals surface area contributed by atoms with Gasteiger partial charge in [-0.25, -0.2) is 4.39 Å². The summed E-state index contributed by atoms with van der Waals surface area (Å²) in [6, 6.07) is 5.75. The van der Waals surface area contributed by atoms with E-state index in [9.17, 15) is 18.8 Å². The molecule has 3 saturated heterocycles. The van der Waals surface area contributed by atoms with Gasteiger partial charge in [0.05, 0.1) is 18.0 Å². The minimum absolute atomic E-state index is 0.0741. The third-order valence-corrected chi connectivity index (χ3v) is 6.36. The number of fused-ring (bicyclic) bond motifs is 1. The Morgan fingerprint density at radius 2 is 1.97 bits per heavy atom. The Labute approximate surface area is 174 Å². The van der Waals surface area contributed by atoms with Gasteiger partial charge >= 0.3 is 0 Å². The van der Waals surface area contributed by atoms with Gasteiger partial charge in [-0.15, -0.1) is 0 Å². The van der Waals surface area contributed by atoms with Crippen LogP contribution in [0.1, 0.15) is 39.0 Å². The van der Waals surface area contributed by atoms with Crippen LogP contribution in [0, 0.1) is 17.7 Å². The van der Waals surface area contributed by atoms with Crippen LogP contribution >= 0.6 is 0 Å². The molecule has 3 fully saturated rings. The molecule has 1 aromatic carbocycles. The van der Waals surface area contributed by atoms with E-state index in [0.717, 1.165) is 25.8 Å². The van der Waals surface area contributed by atoms with Crippen molar-refractivity contribution in [3.05, 3.63) is 30.1 Å². The number of rotatable bonds is 4. The van der Waals surface area contributed by atoms with Gasteiger partial charge < -0.3 is 16.0 Å². The highest BCUT2D eigenvalue weighted by Gasteiger charge is 2.49. The summed E-state index contributed by atoms with van der Waals surface area (Å²) in [6.45, 7) is 3.00. The van der Waals surface area contributed by atoms with Crippen LogP contribution in [0.3, 0.4) is 0 Å². The van der Waals surface area contributed by atoms with Crippen LogP contribution in [0.25, 0.3) is 0 Å². The van der Waals surface area contributed by atoms with Crippen molar-refractivity contribution < 1.29 is 18.8 Å². The largest absolute Gasteiger partial charge is 0.340 e. The first kappa shape index (κ1) is 20.7. The molecule has 0 aliphatic carbocycles. The second-order valence-electron chi connectivity index (χ2n) is 8.25. The van der Waals surface area contributed by atoms with Crippen molar-refractivity contribution in [2.24, 2.45) is 11.8 Å². The van der Waals surface area contributed by atoms with E-state index in [-0.39, 0.29) is 24.5 Å². The number of nitrogens with one attached hydrogen (secondary N) is 4. The van der Waals surface area contributed by atoms with E-state index < -0.39 is 29.7 Å². The molecule has 0 spiro atoms. The second kappa shape index (κ2) is 8.69. The normalized spacial score (nSPS) is 32.0. The maximum Gasteiger partial charge on any atom is 0.229 e. The Bertz CT molecular complexity index is 817. The molecule has 0 radical (unpaired) electrons. The Kier molecular flexibility index (Phi) is 6.01. The molecule has 4 rings (SSSR count). The van der Waals surface area contributed by atoms with Crippen LogP contribution in [-0.4, -0.2) is 47.7 Å². The fraction of sp³-hybridized carbons (Fsp3) is 0.571. The fourth-order valence-corrected chi connectivity index (χ4v) is 4.81. The van der Waals surface area contributed by atoms with E-state index in [1.807, 2.05) is 0 Å². The van der Waals surface area contributed by atoms with Gasteiger partial charge in [-0.3, -0.25) is 24.6 Å². The Balaban J connectivity index is 1.49. The molecular weight excluding hydrogens is 389 g/mol. The molecular formula is C21H28FN5O3. The van der Waals surface area contributed by atoms with E-state index in [1.54, 1.807) is 0 Å². The maximum atomic E-state index is 13.1. The van der Waals surface area contributed by atoms with Gasteiger partial charge in [0.1, 0.15) is 12.1 Å². The standard InChI is InChI=1S/C21H28FN5O3/c1-2-14-5-3-4-10-27(14)21-25-18-17(20(30)26-21)15(11-16(28)24-18)19(29)23-13-8-6-12(22)7-9-13/h6-9,14-15,17-18,21,25H,2-5,10-11H2,1H3,(H,23,29)(H,24,28)(H,26,30). The molecule has 0 aromatic heterocycles. The summed E-state index contributed by atoms with van der Waals surface area (Å²) in [5, 5.41) is 11.9. The minimum Gasteiger partial charge on any atom is -0.340 e. The SMILES string of the molecule is CCC1CCCCN1C1NC(=O)C2C(NC(=O)CC2C(=O)Nc2ccc(F)cc2)N1. The highest BCUT2D eigenvalue weighted by Crippen LogP contribution is 2.30. The van der Waals surface area contributed by atoms with Crippen LogP contribution in [0.5, 0.6) is 0 Å². The number of likely N-dealkylation sites (tertiary alicyclic amines) is 1. The summed E-state index contributed by atoms with van der Waals surface area (Å²) in [5.41, 5.74) is 0.421. The van der Waals surface area contributed by atoms with Crippen molar-refractivity contribution in [2.45, 2.75) is 57.5 Å². The average molecular weight is 417 g/mol. The Morgan fingerprint density at radius 3 is 2.70 bits per heavy atom. The van der Waals surface area contributed by atoms with Crippen molar-refractivity contribution in [3.63, 3.8) is 0 Å². The molecule has 5 atom stereocenters. The lowest BCUT2D eigenvalue weighted by atomic mass is 9.81. The van der Waals surface area contributed by atoms with Crippen LogP contribution in [0.2, 0.25) is 0 Å². The number of piperidine rings is 2. The molecule has 162 valence electrons. The third-order valence-electron chi connectivity index (χ3n) is 6.36. The molecule has 5 unspecified atom stereocenters. The van der Waals surface area contributed by atoms with Crippen molar-refractivity contribution in [1.29, 1.82) is 0 Å². The van der Waals surface area contributed by atoms with E-state index in [2.05, 4.69) is 33.1 Å². The number of amides is 3. The number of carbonyl (C=O) groups is 3. The zero-order valence-corrected chi connectivity index (χ0v) is 17.0. The van der Waals surface area contributed by atoms with E-state index in [4.69, 9.17) is 0 Å². The smallest absolute Gasteiger partial charge is 0.229 e. The van der Waals surface area contributed by atoms with Gasteiger partial charge in [-0.2, -0.15) is 0 Å². The first-order valence-corrected chi connectivity index (χ1v) is 10.6. The lowest BCUT2D eigenvalue weighted by Gasteiger charge is -2.49. The number of carbonyl (C=O) groups excluding carboxylic acids is 3. The quantitative estimate of drug-likeness (QED) is 0.588. The van der Waals surface area contributed by atoms with Crippen molar-refractivity contribution in [1.82, 2.24) is 20.9 Å². The lowest BCUT2D eigenvalue weighted by Crippen LogP contribution is -2.75. The first-order valence-electron chi connectivity index (χ1n) is 10.6. The monoisotopic (exact) mass is 417 g/mol. The highest BCUT2D eigenvalue weighted by molar-refractivity contribution is 6.00. The third kappa shape index (κ3) is 4.17. The van der Waals surface area contributed by atoms with E-state index in [0.29, 0.717) is 11.7 Å². The highest BCUT2D eigenvalue weighted by atomic mass is 19.1. The van der Waals surface area contributed by atoms with Gasteiger partial charge in [0.2, 0.25) is 17.7 Å². The van der Waals surface area contributed by atoms with Gasteiger partial charge in [-0.05, 0) is 43.5 Å². The summed E-state index contributed by atoms with van der Waals surface area (Å²) >= 11 is 0. The van der Waals surface area contributed by atoms with Crippen LogP contribution in [0.4, 0.5) is 10.1 Å². The zero-order valence-electron chi connectivity index (χ0n) is 17.0. The first-order chi connectivity index (χ1) is 14.5. The molecule has 8 nitrogen and oxygen atoms in total. The van der Waals surface area contributed by atoms with Gasteiger partial charge in [-0.1, -0.05) is 13.3 Å². The summed E-state index contributed by atoms with van der Waals surface area (Å²) in [4.78, 5) is 40.5. The molecule has 0 saturated carbocycles. The Morgan fingerprint density at radius 1 is 1.20 bits per heavy atom. The summed E-state index contributed by atoms with van der Waals surface area (Å²) < 4.78 is 13.1. The molecule has 9 heteroatoms. The number of nitrogens with zero attached hydrogens (tertiary/aromatic N) is 1. The van der Waals surface area contributed by atoms with Crippen LogP contribution in [0.15, 0.2) is 24.3 Å². The molecule has 4 N–H and O–H groups in total. The van der Waals surface area contributed by atoms with Crippen LogP contribution in [-0.2, 0) is 14.4 Å². The molecule has 3 aliphatic heterocycles. The number of benzene rings is 1. The molecule has 1 aromatic rings. The van der Waals surface area contributed by atoms with Crippen molar-refractivity contribution in [2.75, 3.05) is 11.9 Å².